The Labute approximate surface area is 182 Å². The molecule has 30 heavy (non-hydrogen) atoms. The molecule has 3 fully saturated rings. The molecule has 5 nitrogen and oxygen atoms in total. The largest absolute Gasteiger partial charge is 0.492 e. The Hall–Kier alpha value is -1.75. The van der Waals surface area contributed by atoms with Gasteiger partial charge in [0.2, 0.25) is 5.91 Å². The van der Waals surface area contributed by atoms with E-state index in [4.69, 9.17) is 4.74 Å². The lowest BCUT2D eigenvalue weighted by Gasteiger charge is -2.40. The van der Waals surface area contributed by atoms with E-state index in [0.717, 1.165) is 69.5 Å². The molecule has 5 heteroatoms. The van der Waals surface area contributed by atoms with Crippen LogP contribution in [0.15, 0.2) is 24.3 Å². The number of para-hydroxylation sites is 2. The van der Waals surface area contributed by atoms with Crippen LogP contribution < -0.4 is 9.64 Å². The number of hydrogen-bond acceptors (Lipinski definition) is 4. The quantitative estimate of drug-likeness (QED) is 0.706. The summed E-state index contributed by atoms with van der Waals surface area (Å²) in [5, 5.41) is 0. The van der Waals surface area contributed by atoms with Crippen molar-refractivity contribution < 1.29 is 9.53 Å². The third-order valence-corrected chi connectivity index (χ3v) is 7.28. The van der Waals surface area contributed by atoms with E-state index in [0.29, 0.717) is 12.5 Å². The van der Waals surface area contributed by atoms with E-state index in [1.165, 1.54) is 38.6 Å². The number of piperazine rings is 1. The number of amides is 1. The molecule has 2 heterocycles. The van der Waals surface area contributed by atoms with Gasteiger partial charge in [-0.3, -0.25) is 4.79 Å². The molecule has 0 spiro atoms. The summed E-state index contributed by atoms with van der Waals surface area (Å²) >= 11 is 0. The molecule has 1 saturated carbocycles. The molecule has 2 saturated heterocycles. The first-order valence-corrected chi connectivity index (χ1v) is 12.2. The fraction of sp³-hybridized carbons (Fsp3) is 0.720. The van der Waals surface area contributed by atoms with Crippen molar-refractivity contribution in [3.63, 3.8) is 0 Å². The fourth-order valence-corrected chi connectivity index (χ4v) is 5.52. The van der Waals surface area contributed by atoms with Gasteiger partial charge in [-0.05, 0) is 63.7 Å². The molecule has 0 N–H and O–H groups in total. The number of carbonyl (C=O) groups excluding carboxylic acids is 1. The van der Waals surface area contributed by atoms with Crippen LogP contribution in [-0.4, -0.2) is 68.1 Å². The predicted octanol–water partition coefficient (Wildman–Crippen LogP) is 4.03. The number of hydrogen-bond donors (Lipinski definition) is 0. The molecule has 0 bridgehead atoms. The zero-order valence-corrected chi connectivity index (χ0v) is 18.7. The Bertz CT molecular complexity index is 673. The van der Waals surface area contributed by atoms with Crippen LogP contribution in [-0.2, 0) is 4.79 Å². The SMILES string of the molecule is CCOc1ccccc1N1CCN(C(=O)C2CCN(CC3CCCCC3)CC2)CC1. The van der Waals surface area contributed by atoms with E-state index in [1.54, 1.807) is 0 Å². The Kier molecular flexibility index (Phi) is 7.53. The average molecular weight is 414 g/mol. The number of ether oxygens (including phenoxy) is 1. The second-order valence-corrected chi connectivity index (χ2v) is 9.29. The van der Waals surface area contributed by atoms with Gasteiger partial charge in [-0.15, -0.1) is 0 Å². The third kappa shape index (κ3) is 5.29. The molecule has 0 radical (unpaired) electrons. The molecular weight excluding hydrogens is 374 g/mol. The maximum absolute atomic E-state index is 13.1. The number of rotatable bonds is 6. The lowest BCUT2D eigenvalue weighted by atomic mass is 9.87. The van der Waals surface area contributed by atoms with Crippen LogP contribution in [0.5, 0.6) is 5.75 Å². The van der Waals surface area contributed by atoms with Crippen molar-refractivity contribution in [2.45, 2.75) is 51.9 Å². The van der Waals surface area contributed by atoms with Crippen LogP contribution >= 0.6 is 0 Å². The Morgan fingerprint density at radius 1 is 0.933 bits per heavy atom. The number of piperidine rings is 1. The monoisotopic (exact) mass is 413 g/mol. The van der Waals surface area contributed by atoms with Crippen molar-refractivity contribution in [3.05, 3.63) is 24.3 Å². The number of benzene rings is 1. The summed E-state index contributed by atoms with van der Waals surface area (Å²) in [5.74, 6) is 2.48. The molecule has 1 aromatic rings. The first-order chi connectivity index (χ1) is 14.7. The summed E-state index contributed by atoms with van der Waals surface area (Å²) in [7, 11) is 0. The molecule has 1 aromatic carbocycles. The van der Waals surface area contributed by atoms with Crippen molar-refractivity contribution in [2.24, 2.45) is 11.8 Å². The highest BCUT2D eigenvalue weighted by Crippen LogP contribution is 2.30. The van der Waals surface area contributed by atoms with Gasteiger partial charge in [0.05, 0.1) is 12.3 Å². The number of nitrogens with zero attached hydrogens (tertiary/aromatic N) is 3. The second-order valence-electron chi connectivity index (χ2n) is 9.29. The summed E-state index contributed by atoms with van der Waals surface area (Å²) in [6, 6.07) is 8.26. The molecule has 2 aliphatic heterocycles. The normalized spacial score (nSPS) is 22.3. The smallest absolute Gasteiger partial charge is 0.225 e. The van der Waals surface area contributed by atoms with Gasteiger partial charge in [-0.1, -0.05) is 31.4 Å². The van der Waals surface area contributed by atoms with Gasteiger partial charge >= 0.3 is 0 Å². The molecule has 3 aliphatic rings. The Morgan fingerprint density at radius 2 is 1.63 bits per heavy atom. The minimum atomic E-state index is 0.231. The molecule has 1 aliphatic carbocycles. The van der Waals surface area contributed by atoms with Gasteiger partial charge in [-0.25, -0.2) is 0 Å². The Morgan fingerprint density at radius 3 is 2.33 bits per heavy atom. The second kappa shape index (κ2) is 10.5. The lowest BCUT2D eigenvalue weighted by Crippen LogP contribution is -2.52. The van der Waals surface area contributed by atoms with E-state index < -0.39 is 0 Å². The Balaban J connectivity index is 1.23. The fourth-order valence-electron chi connectivity index (χ4n) is 5.52. The van der Waals surface area contributed by atoms with Crippen molar-refractivity contribution in [3.8, 4) is 5.75 Å². The minimum absolute atomic E-state index is 0.231. The predicted molar refractivity (Wildman–Crippen MR) is 122 cm³/mol. The van der Waals surface area contributed by atoms with Crippen molar-refractivity contribution in [2.75, 3.05) is 57.3 Å². The highest BCUT2D eigenvalue weighted by Gasteiger charge is 2.31. The van der Waals surface area contributed by atoms with Crippen LogP contribution in [0.2, 0.25) is 0 Å². The minimum Gasteiger partial charge on any atom is -0.492 e. The number of likely N-dealkylation sites (tertiary alicyclic amines) is 1. The van der Waals surface area contributed by atoms with E-state index >= 15 is 0 Å². The van der Waals surface area contributed by atoms with Crippen LogP contribution in [0.4, 0.5) is 5.69 Å². The molecule has 0 atom stereocenters. The van der Waals surface area contributed by atoms with E-state index in [9.17, 15) is 4.79 Å². The van der Waals surface area contributed by atoms with Crippen LogP contribution in [0.3, 0.4) is 0 Å². The van der Waals surface area contributed by atoms with Crippen LogP contribution in [0.25, 0.3) is 0 Å². The highest BCUT2D eigenvalue weighted by atomic mass is 16.5. The summed E-state index contributed by atoms with van der Waals surface area (Å²) in [6.45, 7) is 9.58. The molecule has 4 rings (SSSR count). The standard InChI is InChI=1S/C25H39N3O2/c1-2-30-24-11-7-6-10-23(24)27-16-18-28(19-17-27)25(29)22-12-14-26(15-13-22)20-21-8-4-3-5-9-21/h6-7,10-11,21-22H,2-5,8-9,12-20H2,1H3. The zero-order valence-electron chi connectivity index (χ0n) is 18.7. The average Bonchev–Trinajstić information content (AvgIpc) is 2.81. The molecular formula is C25H39N3O2. The van der Waals surface area contributed by atoms with E-state index in [2.05, 4.69) is 26.8 Å². The van der Waals surface area contributed by atoms with Gasteiger partial charge in [0.15, 0.2) is 0 Å². The molecule has 1 amide bonds. The van der Waals surface area contributed by atoms with Gasteiger partial charge < -0.3 is 19.4 Å². The van der Waals surface area contributed by atoms with Crippen LogP contribution in [0.1, 0.15) is 51.9 Å². The molecule has 0 aromatic heterocycles. The first-order valence-electron chi connectivity index (χ1n) is 12.2. The van der Waals surface area contributed by atoms with Gasteiger partial charge in [-0.2, -0.15) is 0 Å². The summed E-state index contributed by atoms with van der Waals surface area (Å²) in [4.78, 5) is 20.2. The summed E-state index contributed by atoms with van der Waals surface area (Å²) in [5.41, 5.74) is 1.16. The molecule has 0 unspecified atom stereocenters. The number of carbonyl (C=O) groups is 1. The zero-order chi connectivity index (χ0) is 20.8. The van der Waals surface area contributed by atoms with Crippen molar-refractivity contribution >= 4 is 11.6 Å². The van der Waals surface area contributed by atoms with Gasteiger partial charge in [0.1, 0.15) is 5.75 Å². The maximum atomic E-state index is 13.1. The topological polar surface area (TPSA) is 36.0 Å². The molecule has 166 valence electrons. The third-order valence-electron chi connectivity index (χ3n) is 7.28. The van der Waals surface area contributed by atoms with E-state index in [1.807, 2.05) is 19.1 Å². The van der Waals surface area contributed by atoms with Crippen molar-refractivity contribution in [1.29, 1.82) is 0 Å². The lowest BCUT2D eigenvalue weighted by molar-refractivity contribution is -0.137. The maximum Gasteiger partial charge on any atom is 0.225 e. The van der Waals surface area contributed by atoms with Crippen molar-refractivity contribution in [1.82, 2.24) is 9.80 Å². The van der Waals surface area contributed by atoms with Crippen LogP contribution in [0, 0.1) is 11.8 Å². The van der Waals surface area contributed by atoms with Gasteiger partial charge in [0.25, 0.3) is 0 Å². The highest BCUT2D eigenvalue weighted by molar-refractivity contribution is 5.79. The number of anilines is 1. The first kappa shape index (κ1) is 21.5. The van der Waals surface area contributed by atoms with E-state index in [-0.39, 0.29) is 5.92 Å². The summed E-state index contributed by atoms with van der Waals surface area (Å²) < 4.78 is 5.80. The van der Waals surface area contributed by atoms with Gasteiger partial charge in [0, 0.05) is 38.6 Å². The summed E-state index contributed by atoms with van der Waals surface area (Å²) in [6.07, 6.45) is 9.17.